The van der Waals surface area contributed by atoms with E-state index in [9.17, 15) is 9.59 Å². The Morgan fingerprint density at radius 2 is 2.00 bits per heavy atom. The van der Waals surface area contributed by atoms with Crippen molar-refractivity contribution >= 4 is 27.7 Å². The smallest absolute Gasteiger partial charge is 0.278 e. The molecule has 2 aromatic heterocycles. The highest BCUT2D eigenvalue weighted by Gasteiger charge is 2.27. The zero-order valence-corrected chi connectivity index (χ0v) is 17.8. The van der Waals surface area contributed by atoms with E-state index in [2.05, 4.69) is 20.6 Å². The van der Waals surface area contributed by atoms with E-state index in [1.165, 1.54) is 4.68 Å². The van der Waals surface area contributed by atoms with Crippen LogP contribution in [0.3, 0.4) is 0 Å². The van der Waals surface area contributed by atoms with Crippen molar-refractivity contribution in [3.05, 3.63) is 64.6 Å². The molecule has 2 aromatic carbocycles. The van der Waals surface area contributed by atoms with E-state index < -0.39 is 6.04 Å². The van der Waals surface area contributed by atoms with Crippen LogP contribution in [-0.2, 0) is 11.2 Å². The van der Waals surface area contributed by atoms with Gasteiger partial charge in [0.05, 0.1) is 12.5 Å². The molecule has 4 aromatic rings. The van der Waals surface area contributed by atoms with Crippen molar-refractivity contribution in [2.75, 3.05) is 13.7 Å². The van der Waals surface area contributed by atoms with Gasteiger partial charge < -0.3 is 15.0 Å². The fraction of sp³-hybridized carbons (Fsp3) is 0.304. The number of H-pyrrole nitrogens is 1. The summed E-state index contributed by atoms with van der Waals surface area (Å²) in [5.74, 6) is 0.399. The fourth-order valence-corrected chi connectivity index (χ4v) is 3.80. The van der Waals surface area contributed by atoms with Crippen LogP contribution in [0, 0.1) is 5.92 Å². The molecule has 31 heavy (non-hydrogen) atoms. The van der Waals surface area contributed by atoms with Gasteiger partial charge in [-0.2, -0.15) is 4.68 Å². The first-order valence-corrected chi connectivity index (χ1v) is 10.3. The number of amides is 1. The number of carbonyl (C=O) groups excluding carboxylic acids is 1. The number of ether oxygens (including phenoxy) is 1. The maximum absolute atomic E-state index is 13.0. The SMILES string of the molecule is COc1ccc2[nH]cc(CCNC(=O)[C@H](C(C)C)n3nnc4ccccc4c3=O)c2c1. The fourth-order valence-electron chi connectivity index (χ4n) is 3.80. The van der Waals surface area contributed by atoms with Gasteiger partial charge in [-0.1, -0.05) is 31.2 Å². The molecule has 8 heteroatoms. The quantitative estimate of drug-likeness (QED) is 0.480. The van der Waals surface area contributed by atoms with E-state index in [1.807, 2.05) is 38.2 Å². The summed E-state index contributed by atoms with van der Waals surface area (Å²) < 4.78 is 6.50. The molecule has 0 unspecified atom stereocenters. The molecule has 0 aliphatic heterocycles. The first kappa shape index (κ1) is 20.6. The minimum atomic E-state index is -0.743. The van der Waals surface area contributed by atoms with Gasteiger partial charge in [0.1, 0.15) is 17.3 Å². The van der Waals surface area contributed by atoms with E-state index in [0.717, 1.165) is 22.2 Å². The van der Waals surface area contributed by atoms with Crippen LogP contribution in [0.1, 0.15) is 25.5 Å². The predicted molar refractivity (Wildman–Crippen MR) is 119 cm³/mol. The van der Waals surface area contributed by atoms with E-state index in [-0.39, 0.29) is 17.4 Å². The molecule has 0 saturated carbocycles. The van der Waals surface area contributed by atoms with Crippen LogP contribution >= 0.6 is 0 Å². The highest BCUT2D eigenvalue weighted by molar-refractivity contribution is 5.85. The van der Waals surface area contributed by atoms with Gasteiger partial charge in [0.2, 0.25) is 5.91 Å². The van der Waals surface area contributed by atoms with Crippen molar-refractivity contribution in [3.8, 4) is 5.75 Å². The maximum Gasteiger partial charge on any atom is 0.278 e. The summed E-state index contributed by atoms with van der Waals surface area (Å²) in [6.07, 6.45) is 2.58. The van der Waals surface area contributed by atoms with Gasteiger partial charge in [-0.25, -0.2) is 0 Å². The number of carbonyl (C=O) groups is 1. The average molecular weight is 419 g/mol. The number of hydrogen-bond donors (Lipinski definition) is 2. The van der Waals surface area contributed by atoms with Gasteiger partial charge in [0.25, 0.3) is 5.56 Å². The van der Waals surface area contributed by atoms with Crippen molar-refractivity contribution in [3.63, 3.8) is 0 Å². The van der Waals surface area contributed by atoms with E-state index >= 15 is 0 Å². The zero-order chi connectivity index (χ0) is 22.0. The molecular weight excluding hydrogens is 394 g/mol. The minimum Gasteiger partial charge on any atom is -0.497 e. The molecule has 4 rings (SSSR count). The first-order valence-electron chi connectivity index (χ1n) is 10.3. The molecule has 8 nitrogen and oxygen atoms in total. The van der Waals surface area contributed by atoms with Gasteiger partial charge >= 0.3 is 0 Å². The molecule has 0 aliphatic rings. The molecule has 1 atom stereocenters. The minimum absolute atomic E-state index is 0.134. The highest BCUT2D eigenvalue weighted by atomic mass is 16.5. The molecule has 2 N–H and O–H groups in total. The standard InChI is InChI=1S/C23H25N5O3/c1-14(2)21(28-23(30)17-6-4-5-7-20(17)26-27-28)22(29)24-11-10-15-13-25-19-9-8-16(31-3)12-18(15)19/h4-9,12-14,21,25H,10-11H2,1-3H3,(H,24,29)/t21-/m0/s1. The Kier molecular flexibility index (Phi) is 5.70. The second-order valence-corrected chi connectivity index (χ2v) is 7.81. The van der Waals surface area contributed by atoms with Crippen molar-refractivity contribution in [1.29, 1.82) is 0 Å². The predicted octanol–water partition coefficient (Wildman–Crippen LogP) is 2.84. The second kappa shape index (κ2) is 8.59. The molecule has 0 bridgehead atoms. The van der Waals surface area contributed by atoms with Crippen LogP contribution in [0.2, 0.25) is 0 Å². The summed E-state index contributed by atoms with van der Waals surface area (Å²) in [7, 11) is 1.64. The Bertz CT molecular complexity index is 1290. The van der Waals surface area contributed by atoms with Gasteiger partial charge in [-0.15, -0.1) is 5.10 Å². The lowest BCUT2D eigenvalue weighted by Crippen LogP contribution is -2.42. The molecule has 2 heterocycles. The molecule has 0 aliphatic carbocycles. The summed E-state index contributed by atoms with van der Waals surface area (Å²) >= 11 is 0. The molecule has 1 amide bonds. The number of nitrogens with zero attached hydrogens (tertiary/aromatic N) is 3. The van der Waals surface area contributed by atoms with Crippen molar-refractivity contribution in [2.24, 2.45) is 5.92 Å². The van der Waals surface area contributed by atoms with Crippen molar-refractivity contribution < 1.29 is 9.53 Å². The highest BCUT2D eigenvalue weighted by Crippen LogP contribution is 2.24. The molecule has 0 saturated heterocycles. The number of benzene rings is 2. The third-order valence-corrected chi connectivity index (χ3v) is 5.42. The Morgan fingerprint density at radius 1 is 1.19 bits per heavy atom. The normalized spacial score (nSPS) is 12.4. The number of fused-ring (bicyclic) bond motifs is 2. The molecule has 0 radical (unpaired) electrons. The lowest BCUT2D eigenvalue weighted by Gasteiger charge is -2.21. The molecule has 160 valence electrons. The lowest BCUT2D eigenvalue weighted by atomic mass is 10.0. The summed E-state index contributed by atoms with van der Waals surface area (Å²) in [5, 5.41) is 12.6. The van der Waals surface area contributed by atoms with E-state index in [1.54, 1.807) is 31.4 Å². The maximum atomic E-state index is 13.0. The third-order valence-electron chi connectivity index (χ3n) is 5.42. The van der Waals surface area contributed by atoms with Gasteiger partial charge in [-0.05, 0) is 48.2 Å². The molecule has 0 spiro atoms. The monoisotopic (exact) mass is 419 g/mol. The topological polar surface area (TPSA) is 102 Å². The molecular formula is C23H25N5O3. The van der Waals surface area contributed by atoms with Crippen LogP contribution in [0.5, 0.6) is 5.75 Å². The Labute approximate surface area is 179 Å². The first-order chi connectivity index (χ1) is 15.0. The third kappa shape index (κ3) is 4.01. The summed E-state index contributed by atoms with van der Waals surface area (Å²) in [4.78, 5) is 29.1. The largest absolute Gasteiger partial charge is 0.497 e. The van der Waals surface area contributed by atoms with Crippen molar-refractivity contribution in [1.82, 2.24) is 25.3 Å². The van der Waals surface area contributed by atoms with Crippen LogP contribution in [-0.4, -0.2) is 39.5 Å². The van der Waals surface area contributed by atoms with Crippen LogP contribution in [0.25, 0.3) is 21.8 Å². The van der Waals surface area contributed by atoms with Crippen LogP contribution in [0.4, 0.5) is 0 Å². The number of nitrogens with one attached hydrogen (secondary N) is 2. The van der Waals surface area contributed by atoms with E-state index in [4.69, 9.17) is 4.74 Å². The number of rotatable bonds is 7. The second-order valence-electron chi connectivity index (χ2n) is 7.81. The van der Waals surface area contributed by atoms with E-state index in [0.29, 0.717) is 23.9 Å². The number of hydrogen-bond acceptors (Lipinski definition) is 5. The van der Waals surface area contributed by atoms with Crippen LogP contribution in [0.15, 0.2) is 53.5 Å². The van der Waals surface area contributed by atoms with Gasteiger partial charge in [0.15, 0.2) is 0 Å². The summed E-state index contributed by atoms with van der Waals surface area (Å²) in [6, 6.07) is 12.1. The lowest BCUT2D eigenvalue weighted by molar-refractivity contribution is -0.126. The zero-order valence-electron chi connectivity index (χ0n) is 17.8. The Hall–Kier alpha value is -3.68. The Balaban J connectivity index is 1.52. The van der Waals surface area contributed by atoms with Crippen LogP contribution < -0.4 is 15.6 Å². The number of aromatic amines is 1. The summed E-state index contributed by atoms with van der Waals surface area (Å²) in [6.45, 7) is 4.21. The average Bonchev–Trinajstić information content (AvgIpc) is 3.17. The van der Waals surface area contributed by atoms with Crippen molar-refractivity contribution in [2.45, 2.75) is 26.3 Å². The number of methoxy groups -OCH3 is 1. The Morgan fingerprint density at radius 3 is 2.77 bits per heavy atom. The molecule has 0 fully saturated rings. The van der Waals surface area contributed by atoms with Gasteiger partial charge in [0, 0.05) is 23.6 Å². The number of aromatic nitrogens is 4. The summed E-state index contributed by atoms with van der Waals surface area (Å²) in [5.41, 5.74) is 2.29. The van der Waals surface area contributed by atoms with Gasteiger partial charge in [-0.3, -0.25) is 9.59 Å².